The van der Waals surface area contributed by atoms with Crippen LogP contribution in [-0.4, -0.2) is 61.7 Å². The number of imidazole rings is 1. The van der Waals surface area contributed by atoms with Gasteiger partial charge in [0.25, 0.3) is 5.91 Å². The molecule has 1 fully saturated rings. The van der Waals surface area contributed by atoms with E-state index in [2.05, 4.69) is 4.98 Å². The highest BCUT2D eigenvalue weighted by atomic mass is 32.2. The van der Waals surface area contributed by atoms with Crippen molar-refractivity contribution in [2.24, 2.45) is 0 Å². The first-order valence-electron chi connectivity index (χ1n) is 11.8. The summed E-state index contributed by atoms with van der Waals surface area (Å²) in [5.74, 6) is -1.30. The predicted octanol–water partition coefficient (Wildman–Crippen LogP) is 3.46. The van der Waals surface area contributed by atoms with Gasteiger partial charge >= 0.3 is 0 Å². The number of rotatable bonds is 11. The number of benzene rings is 2. The molecular formula is C26H30FN3O5S. The van der Waals surface area contributed by atoms with E-state index in [1.165, 1.54) is 36.4 Å². The molecule has 0 aliphatic carbocycles. The molecule has 0 saturated carbocycles. The van der Waals surface area contributed by atoms with Crippen molar-refractivity contribution >= 4 is 15.7 Å². The van der Waals surface area contributed by atoms with Crippen molar-refractivity contribution in [2.45, 2.75) is 42.9 Å². The maximum absolute atomic E-state index is 14.5. The lowest BCUT2D eigenvalue weighted by Crippen LogP contribution is -2.38. The highest BCUT2D eigenvalue weighted by molar-refractivity contribution is 7.90. The van der Waals surface area contributed by atoms with Gasteiger partial charge in [0.1, 0.15) is 5.82 Å². The van der Waals surface area contributed by atoms with Crippen LogP contribution in [0.25, 0.3) is 0 Å². The van der Waals surface area contributed by atoms with E-state index in [1.54, 1.807) is 34.9 Å². The number of halogens is 1. The molecule has 10 heteroatoms. The Labute approximate surface area is 210 Å². The van der Waals surface area contributed by atoms with Crippen molar-refractivity contribution in [1.29, 1.82) is 0 Å². The Kier molecular flexibility index (Phi) is 8.50. The molecule has 1 aliphatic heterocycles. The fourth-order valence-corrected chi connectivity index (χ4v) is 5.82. The summed E-state index contributed by atoms with van der Waals surface area (Å²) in [6.45, 7) is 1.40. The molecule has 8 nitrogen and oxygen atoms in total. The fraction of sp³-hybridized carbons (Fsp3) is 0.385. The summed E-state index contributed by atoms with van der Waals surface area (Å²) in [6.07, 6.45) is 2.98. The third-order valence-corrected chi connectivity index (χ3v) is 7.69. The maximum Gasteiger partial charge on any atom is 0.257 e. The zero-order valence-electron chi connectivity index (χ0n) is 20.2. The molecule has 1 aromatic heterocycles. The number of sulfone groups is 1. The molecule has 0 spiro atoms. The van der Waals surface area contributed by atoms with Crippen LogP contribution in [0, 0.1) is 5.82 Å². The molecule has 2 heterocycles. The van der Waals surface area contributed by atoms with Gasteiger partial charge in [0.2, 0.25) is 15.0 Å². The fourth-order valence-electron chi connectivity index (χ4n) is 4.30. The van der Waals surface area contributed by atoms with Crippen LogP contribution in [-0.2, 0) is 38.2 Å². The summed E-state index contributed by atoms with van der Waals surface area (Å²) >= 11 is 0. The van der Waals surface area contributed by atoms with E-state index in [0.29, 0.717) is 17.9 Å². The van der Waals surface area contributed by atoms with Crippen LogP contribution in [0.15, 0.2) is 66.0 Å². The highest BCUT2D eigenvalue weighted by Gasteiger charge is 2.29. The maximum atomic E-state index is 14.5. The summed E-state index contributed by atoms with van der Waals surface area (Å²) < 4.78 is 53.6. The van der Waals surface area contributed by atoms with Gasteiger partial charge in [-0.2, -0.15) is 0 Å². The Hall–Kier alpha value is -3.08. The molecule has 1 aliphatic rings. The van der Waals surface area contributed by atoms with Crippen molar-refractivity contribution in [2.75, 3.05) is 26.9 Å². The van der Waals surface area contributed by atoms with Crippen LogP contribution in [0.2, 0.25) is 0 Å². The first-order chi connectivity index (χ1) is 17.4. The first-order valence-corrected chi connectivity index (χ1v) is 13.5. The van der Waals surface area contributed by atoms with Crippen molar-refractivity contribution in [3.63, 3.8) is 0 Å². The highest BCUT2D eigenvalue weighted by Crippen LogP contribution is 2.22. The number of methoxy groups -OCH3 is 1. The largest absolute Gasteiger partial charge is 0.383 e. The number of carbonyl (C=O) groups excluding carboxylic acids is 1. The Balaban J connectivity index is 1.66. The van der Waals surface area contributed by atoms with Gasteiger partial charge in [0.05, 0.1) is 42.5 Å². The average molecular weight is 516 g/mol. The van der Waals surface area contributed by atoms with Crippen molar-refractivity contribution in [3.8, 4) is 0 Å². The minimum Gasteiger partial charge on any atom is -0.383 e. The molecule has 4 rings (SSSR count). The topological polar surface area (TPSA) is 90.7 Å². The summed E-state index contributed by atoms with van der Waals surface area (Å²) in [5.41, 5.74) is 1.12. The van der Waals surface area contributed by atoms with E-state index < -0.39 is 21.6 Å². The third-order valence-electron chi connectivity index (χ3n) is 6.09. The molecule has 0 N–H and O–H groups in total. The summed E-state index contributed by atoms with van der Waals surface area (Å²) in [7, 11) is -2.25. The van der Waals surface area contributed by atoms with Gasteiger partial charge in [-0.25, -0.2) is 17.8 Å². The Bertz CT molecular complexity index is 1270. The lowest BCUT2D eigenvalue weighted by molar-refractivity contribution is 0.0497. The van der Waals surface area contributed by atoms with Crippen LogP contribution < -0.4 is 0 Å². The van der Waals surface area contributed by atoms with Crippen LogP contribution in [0.4, 0.5) is 4.39 Å². The number of aromatic nitrogens is 2. The molecule has 2 aromatic carbocycles. The zero-order valence-corrected chi connectivity index (χ0v) is 21.0. The number of hydrogen-bond acceptors (Lipinski definition) is 6. The van der Waals surface area contributed by atoms with Gasteiger partial charge in [-0.05, 0) is 30.5 Å². The second-order valence-electron chi connectivity index (χ2n) is 8.72. The Morgan fingerprint density at radius 1 is 1.19 bits per heavy atom. The van der Waals surface area contributed by atoms with Gasteiger partial charge in [-0.15, -0.1) is 0 Å². The molecule has 0 bridgehead atoms. The average Bonchev–Trinajstić information content (AvgIpc) is 3.53. The van der Waals surface area contributed by atoms with Crippen LogP contribution in [0.3, 0.4) is 0 Å². The predicted molar refractivity (Wildman–Crippen MR) is 132 cm³/mol. The molecule has 0 radical (unpaired) electrons. The second-order valence-corrected chi connectivity index (χ2v) is 10.6. The normalized spacial score (nSPS) is 15.8. The van der Waals surface area contributed by atoms with Gasteiger partial charge in [-0.1, -0.05) is 42.5 Å². The Morgan fingerprint density at radius 3 is 2.64 bits per heavy atom. The van der Waals surface area contributed by atoms with Gasteiger partial charge < -0.3 is 18.9 Å². The van der Waals surface area contributed by atoms with Crippen molar-refractivity contribution in [1.82, 2.24) is 14.5 Å². The van der Waals surface area contributed by atoms with Gasteiger partial charge in [0, 0.05) is 26.8 Å². The van der Waals surface area contributed by atoms with E-state index in [1.807, 2.05) is 6.07 Å². The summed E-state index contributed by atoms with van der Waals surface area (Å²) in [5, 5.41) is -0.0891. The first kappa shape index (κ1) is 26.0. The minimum atomic E-state index is -3.78. The van der Waals surface area contributed by atoms with Crippen LogP contribution in [0.1, 0.15) is 34.5 Å². The lowest BCUT2D eigenvalue weighted by atomic mass is 10.1. The molecular weight excluding hydrogens is 485 g/mol. The number of nitrogens with zero attached hydrogens (tertiary/aromatic N) is 3. The van der Waals surface area contributed by atoms with E-state index in [-0.39, 0.29) is 48.8 Å². The third kappa shape index (κ3) is 6.18. The number of ether oxygens (including phenoxy) is 2. The van der Waals surface area contributed by atoms with E-state index in [0.717, 1.165) is 12.8 Å². The molecule has 3 aromatic rings. The molecule has 1 saturated heterocycles. The standard InChI is InChI=1S/C26H30FN3O5S/c1-34-15-13-30-21(16-28-26(30)36(32,33)19-20-8-3-2-4-9-20)17-29(18-22-10-7-14-35-22)25(31)23-11-5-6-12-24(23)27/h2-6,8-9,11-12,16,22H,7,10,13-15,17-19H2,1H3. The summed E-state index contributed by atoms with van der Waals surface area (Å²) in [4.78, 5) is 19.1. The van der Waals surface area contributed by atoms with E-state index >= 15 is 0 Å². The SMILES string of the molecule is COCCn1c(CN(CC2CCCO2)C(=O)c2ccccc2F)cnc1S(=O)(=O)Cc1ccccc1. The number of amides is 1. The molecule has 1 atom stereocenters. The van der Waals surface area contributed by atoms with Crippen molar-refractivity contribution in [3.05, 3.63) is 83.4 Å². The second kappa shape index (κ2) is 11.8. The van der Waals surface area contributed by atoms with E-state index in [9.17, 15) is 17.6 Å². The zero-order chi connectivity index (χ0) is 25.5. The number of hydrogen-bond donors (Lipinski definition) is 0. The molecule has 1 unspecified atom stereocenters. The quantitative estimate of drug-likeness (QED) is 0.389. The van der Waals surface area contributed by atoms with Crippen LogP contribution >= 0.6 is 0 Å². The van der Waals surface area contributed by atoms with Gasteiger partial charge in [0.15, 0.2) is 0 Å². The van der Waals surface area contributed by atoms with Gasteiger partial charge in [-0.3, -0.25) is 4.79 Å². The molecule has 192 valence electrons. The molecule has 1 amide bonds. The Morgan fingerprint density at radius 2 is 1.94 bits per heavy atom. The molecule has 36 heavy (non-hydrogen) atoms. The van der Waals surface area contributed by atoms with Crippen LogP contribution in [0.5, 0.6) is 0 Å². The van der Waals surface area contributed by atoms with E-state index in [4.69, 9.17) is 9.47 Å². The number of carbonyl (C=O) groups is 1. The monoisotopic (exact) mass is 515 g/mol. The van der Waals surface area contributed by atoms with Crippen molar-refractivity contribution < 1.29 is 27.1 Å². The minimum absolute atomic E-state index is 0.0459. The summed E-state index contributed by atoms with van der Waals surface area (Å²) in [6, 6.07) is 14.7. The smallest absolute Gasteiger partial charge is 0.257 e. The lowest BCUT2D eigenvalue weighted by Gasteiger charge is -2.26.